The maximum atomic E-state index is 13.6. The summed E-state index contributed by atoms with van der Waals surface area (Å²) in [5, 5.41) is 0.584. The molecule has 740 valence electrons. The van der Waals surface area contributed by atoms with Crippen LogP contribution in [0.3, 0.4) is 0 Å². The SMILES string of the molecule is CC(C)N1CCN(Cc2ccc(OC(F)F)nc2)CC1.CC(C)N1CCN(Cc2cccnc2)CC1.COc1ccc(CN2C(C)CN(C(C)C)CC2C)cn1.COc1ccc(CN2CCN(C(C)C)C(C)C2)cn1.COc1ccc(CN2CCN(C(C)C)CC23CC3)cn1.COc1ncc(CN2CCN(C(C)C)CC2)cc1Cl.COc1ncc(CN2CCN(C(C)C)CC2)cc1F. The second kappa shape index (κ2) is 55.7. The van der Waals surface area contributed by atoms with Gasteiger partial charge in [0.1, 0.15) is 5.02 Å². The zero-order chi connectivity index (χ0) is 96.3. The van der Waals surface area contributed by atoms with Crippen LogP contribution >= 0.6 is 11.6 Å². The van der Waals surface area contributed by atoms with Crippen LogP contribution in [0.25, 0.3) is 0 Å². The maximum absolute atomic E-state index is 13.6. The van der Waals surface area contributed by atoms with E-state index in [-0.39, 0.29) is 17.6 Å². The number of rotatable bonds is 28. The van der Waals surface area contributed by atoms with Crippen molar-refractivity contribution < 1.29 is 41.6 Å². The first-order valence-corrected chi connectivity index (χ1v) is 49.1. The van der Waals surface area contributed by atoms with E-state index < -0.39 is 6.61 Å². The minimum atomic E-state index is -2.82. The molecule has 7 saturated heterocycles. The van der Waals surface area contributed by atoms with Crippen LogP contribution < -0.4 is 28.4 Å². The molecular formula is C102H163ClF3N21O6. The van der Waals surface area contributed by atoms with Gasteiger partial charge in [-0.05, 0) is 188 Å². The quantitative estimate of drug-likeness (QED) is 0.0449. The van der Waals surface area contributed by atoms with Crippen LogP contribution in [0.5, 0.6) is 35.3 Å². The van der Waals surface area contributed by atoms with Crippen LogP contribution in [-0.4, -0.2) is 369 Å². The summed E-state index contributed by atoms with van der Waals surface area (Å²) in [6, 6.07) is 29.3. The standard InChI is InChI=1S/C16H25N3O.C16H27N3O.C15H25N3O.C14H22ClN3O.C14H21F2N3O.C14H22FN3O.C13H21N3/c1-13(2)18-8-9-19(16(12-18)6-7-16)11-14-4-5-15(20-3)17-10-14;1-12(2)18-9-13(3)19(14(4)10-18)11-15-6-7-16(20-5)17-8-15;1-12(2)18-8-7-17(10-13(18)3)11-14-5-6-15(19-4)16-9-14;1-11(2)18-6-4-17(5-7-18)10-12-8-13(15)14(19-3)16-9-12;1-11(2)19-7-5-18(6-8-19)10-12-3-4-13(17-9-12)20-14(15)16;1-11(2)18-6-4-17(5-7-18)10-12-8-13(15)14(19-3)16-9-12;1-12(2)16-8-6-15(7-9-16)11-13-4-3-5-14-10-13/h4-5,10,13H,6-9,11-12H2,1-3H3;6-8,12-14H,9-11H2,1-5H3;5-6,9,12-13H,7-8,10-11H2,1-4H3;8-9,11H,4-7,10H2,1-3H3;3-4,9,11,14H,5-8,10H2,1-2H3;8-9,11H,4-7,10H2,1-3H3;3-5,10,12H,6-9,11H2,1-2H3. The summed E-state index contributed by atoms with van der Waals surface area (Å²) < 4.78 is 67.0. The van der Waals surface area contributed by atoms with Gasteiger partial charge in [0, 0.05) is 343 Å². The molecule has 15 rings (SSSR count). The fourth-order valence-corrected chi connectivity index (χ4v) is 18.6. The van der Waals surface area contributed by atoms with E-state index in [1.165, 1.54) is 100 Å². The number of aromatic nitrogens is 7. The van der Waals surface area contributed by atoms with Gasteiger partial charge in [-0.3, -0.25) is 73.6 Å². The molecule has 8 fully saturated rings. The molecule has 14 heterocycles. The molecule has 7 aliphatic heterocycles. The second-order valence-corrected chi connectivity index (χ2v) is 39.1. The summed E-state index contributed by atoms with van der Waals surface area (Å²) >= 11 is 6.10. The van der Waals surface area contributed by atoms with Gasteiger partial charge in [-0.1, -0.05) is 41.9 Å². The van der Waals surface area contributed by atoms with E-state index in [4.69, 9.17) is 35.3 Å². The molecule has 7 aromatic rings. The molecule has 31 heteroatoms. The Kier molecular flexibility index (Phi) is 45.6. The first-order valence-electron chi connectivity index (χ1n) is 48.7. The summed E-state index contributed by atoms with van der Waals surface area (Å²) in [4.78, 5) is 64.2. The molecule has 0 aromatic carbocycles. The third-order valence-electron chi connectivity index (χ3n) is 26.9. The van der Waals surface area contributed by atoms with Crippen LogP contribution in [0.1, 0.15) is 169 Å². The predicted octanol–water partition coefficient (Wildman–Crippen LogP) is 14.4. The van der Waals surface area contributed by atoms with Gasteiger partial charge < -0.3 is 28.4 Å². The molecule has 0 N–H and O–H groups in total. The summed E-state index contributed by atoms with van der Waals surface area (Å²) in [5.41, 5.74) is 8.62. The molecule has 27 nitrogen and oxygen atoms in total. The summed E-state index contributed by atoms with van der Waals surface area (Å²) in [6.45, 7) is 69.1. The number of piperazine rings is 7. The van der Waals surface area contributed by atoms with Gasteiger partial charge in [0.05, 0.1) is 35.5 Å². The third-order valence-corrected chi connectivity index (χ3v) is 27.1. The highest BCUT2D eigenvalue weighted by Crippen LogP contribution is 2.45. The van der Waals surface area contributed by atoms with E-state index in [2.05, 4.69) is 250 Å². The van der Waals surface area contributed by atoms with Crippen molar-refractivity contribution in [2.45, 2.75) is 249 Å². The molecule has 3 atom stereocenters. The van der Waals surface area contributed by atoms with E-state index in [1.807, 2.05) is 67.5 Å². The first kappa shape index (κ1) is 109. The Bertz CT molecular complexity index is 4210. The van der Waals surface area contributed by atoms with Crippen molar-refractivity contribution in [2.75, 3.05) is 193 Å². The monoisotopic (exact) mass is 1870 g/mol. The Morgan fingerprint density at radius 2 is 0.714 bits per heavy atom. The molecule has 0 amide bonds. The van der Waals surface area contributed by atoms with Crippen LogP contribution in [0.2, 0.25) is 5.02 Å². The number of hydrogen-bond donors (Lipinski definition) is 0. The lowest BCUT2D eigenvalue weighted by Crippen LogP contribution is -2.57. The molecule has 133 heavy (non-hydrogen) atoms. The molecule has 7 aromatic heterocycles. The normalized spacial score (nSPS) is 20.4. The number of halogens is 4. The number of ether oxygens (including phenoxy) is 6. The molecule has 8 aliphatic rings. The third kappa shape index (κ3) is 36.3. The average molecular weight is 1870 g/mol. The molecule has 1 aliphatic carbocycles. The van der Waals surface area contributed by atoms with Crippen LogP contribution in [0, 0.1) is 5.82 Å². The highest BCUT2D eigenvalue weighted by Gasteiger charge is 2.51. The lowest BCUT2D eigenvalue weighted by molar-refractivity contribution is -0.0529. The van der Waals surface area contributed by atoms with E-state index in [0.29, 0.717) is 94.5 Å². The van der Waals surface area contributed by atoms with Crippen LogP contribution in [0.4, 0.5) is 13.2 Å². The van der Waals surface area contributed by atoms with E-state index >= 15 is 0 Å². The molecule has 1 saturated carbocycles. The molecule has 1 spiro atoms. The van der Waals surface area contributed by atoms with Crippen molar-refractivity contribution >= 4 is 11.6 Å². The molecule has 0 radical (unpaired) electrons. The topological polar surface area (TPSA) is 191 Å². The van der Waals surface area contributed by atoms with Crippen molar-refractivity contribution in [3.8, 4) is 35.3 Å². The van der Waals surface area contributed by atoms with Gasteiger partial charge in [0.2, 0.25) is 35.3 Å². The lowest BCUT2D eigenvalue weighted by Gasteiger charge is -2.46. The second-order valence-electron chi connectivity index (χ2n) is 38.7. The van der Waals surface area contributed by atoms with Crippen LogP contribution in [-0.2, 0) is 45.8 Å². The number of nitrogens with zero attached hydrogens (tertiary/aromatic N) is 21. The largest absolute Gasteiger partial charge is 0.481 e. The Balaban J connectivity index is 0.000000175. The van der Waals surface area contributed by atoms with Gasteiger partial charge in [-0.15, -0.1) is 0 Å². The first-order chi connectivity index (χ1) is 63.7. The zero-order valence-corrected chi connectivity index (χ0v) is 85.3. The van der Waals surface area contributed by atoms with Gasteiger partial charge in [0.25, 0.3) is 0 Å². The maximum Gasteiger partial charge on any atom is 0.388 e. The molecule has 0 bridgehead atoms. The fourth-order valence-electron chi connectivity index (χ4n) is 18.3. The number of hydrogen-bond acceptors (Lipinski definition) is 27. The van der Waals surface area contributed by atoms with Crippen molar-refractivity contribution in [1.29, 1.82) is 0 Å². The van der Waals surface area contributed by atoms with Crippen molar-refractivity contribution in [2.24, 2.45) is 0 Å². The van der Waals surface area contributed by atoms with Crippen molar-refractivity contribution in [1.82, 2.24) is 103 Å². The minimum Gasteiger partial charge on any atom is -0.481 e. The van der Waals surface area contributed by atoms with Gasteiger partial charge in [-0.25, -0.2) is 34.3 Å². The van der Waals surface area contributed by atoms with Gasteiger partial charge in [-0.2, -0.15) is 8.78 Å². The van der Waals surface area contributed by atoms with Gasteiger partial charge >= 0.3 is 6.61 Å². The highest BCUT2D eigenvalue weighted by atomic mass is 35.5. The Morgan fingerprint density at radius 3 is 1.06 bits per heavy atom. The van der Waals surface area contributed by atoms with Crippen LogP contribution in [0.15, 0.2) is 122 Å². The zero-order valence-electron chi connectivity index (χ0n) is 84.6. The Labute approximate surface area is 801 Å². The summed E-state index contributed by atoms with van der Waals surface area (Å²) in [7, 11) is 7.97. The average Bonchev–Trinajstić information content (AvgIpc) is 1.60. The van der Waals surface area contributed by atoms with Crippen molar-refractivity contribution in [3.05, 3.63) is 172 Å². The van der Waals surface area contributed by atoms with Gasteiger partial charge in [0.15, 0.2) is 5.82 Å². The van der Waals surface area contributed by atoms with E-state index in [1.54, 1.807) is 46.9 Å². The number of pyridine rings is 7. The predicted molar refractivity (Wildman–Crippen MR) is 529 cm³/mol. The Hall–Kier alpha value is -7.63. The number of alkyl halides is 2. The summed E-state index contributed by atoms with van der Waals surface area (Å²) in [5.74, 6) is 2.19. The minimum absolute atomic E-state index is 0.0339. The van der Waals surface area contributed by atoms with E-state index in [0.717, 1.165) is 174 Å². The fraction of sp³-hybridized carbons (Fsp3) is 0.657. The number of methoxy groups -OCH3 is 5. The highest BCUT2D eigenvalue weighted by molar-refractivity contribution is 6.31. The lowest BCUT2D eigenvalue weighted by atomic mass is 10.1. The molecular weight excluding hydrogens is 1710 g/mol. The molecule has 3 unspecified atom stereocenters. The smallest absolute Gasteiger partial charge is 0.388 e. The van der Waals surface area contributed by atoms with E-state index in [9.17, 15) is 13.2 Å². The summed E-state index contributed by atoms with van der Waals surface area (Å²) in [6.07, 6.45) is 17.4. The van der Waals surface area contributed by atoms with Crippen molar-refractivity contribution in [3.63, 3.8) is 0 Å². The Morgan fingerprint density at radius 1 is 0.353 bits per heavy atom.